The maximum absolute atomic E-state index is 10.7. The number of hydrogen-bond acceptors (Lipinski definition) is 4. The number of pyridine rings is 1. The summed E-state index contributed by atoms with van der Waals surface area (Å²) in [7, 11) is 1.65. The van der Waals surface area contributed by atoms with E-state index in [1.807, 2.05) is 43.3 Å². The molecule has 4 heteroatoms. The van der Waals surface area contributed by atoms with Crippen LogP contribution in [-0.2, 0) is 0 Å². The zero-order chi connectivity index (χ0) is 15.5. The van der Waals surface area contributed by atoms with E-state index in [1.165, 1.54) is 0 Å². The van der Waals surface area contributed by atoms with Crippen molar-refractivity contribution < 1.29 is 9.53 Å². The van der Waals surface area contributed by atoms with Crippen LogP contribution in [0.2, 0.25) is 0 Å². The van der Waals surface area contributed by atoms with Gasteiger partial charge in [0.15, 0.2) is 0 Å². The minimum atomic E-state index is 0.656. The van der Waals surface area contributed by atoms with E-state index in [0.717, 1.165) is 40.0 Å². The normalized spacial score (nSPS) is 10.5. The summed E-state index contributed by atoms with van der Waals surface area (Å²) in [5.74, 6) is 0.789. The summed E-state index contributed by atoms with van der Waals surface area (Å²) in [5, 5.41) is 4.37. The number of methoxy groups -OCH3 is 1. The highest BCUT2D eigenvalue weighted by Crippen LogP contribution is 2.29. The van der Waals surface area contributed by atoms with E-state index in [0.29, 0.717) is 5.56 Å². The van der Waals surface area contributed by atoms with E-state index in [1.54, 1.807) is 19.2 Å². The van der Waals surface area contributed by atoms with Crippen molar-refractivity contribution in [3.05, 3.63) is 59.8 Å². The molecule has 0 spiro atoms. The molecule has 1 aromatic heterocycles. The van der Waals surface area contributed by atoms with Crippen molar-refractivity contribution in [1.29, 1.82) is 0 Å². The number of hydrogen-bond donors (Lipinski definition) is 1. The number of rotatable bonds is 4. The van der Waals surface area contributed by atoms with E-state index in [4.69, 9.17) is 4.74 Å². The Morgan fingerprint density at radius 2 is 1.86 bits per heavy atom. The van der Waals surface area contributed by atoms with E-state index in [-0.39, 0.29) is 0 Å². The second-order valence-electron chi connectivity index (χ2n) is 5.06. The van der Waals surface area contributed by atoms with Gasteiger partial charge in [-0.2, -0.15) is 0 Å². The van der Waals surface area contributed by atoms with Crippen LogP contribution in [0.1, 0.15) is 16.1 Å². The van der Waals surface area contributed by atoms with Crippen molar-refractivity contribution in [3.63, 3.8) is 0 Å². The molecule has 0 saturated carbocycles. The number of carbonyl (C=O) groups excluding carboxylic acids is 1. The number of aromatic nitrogens is 1. The van der Waals surface area contributed by atoms with Crippen LogP contribution in [0.3, 0.4) is 0 Å². The van der Waals surface area contributed by atoms with Crippen LogP contribution in [0.5, 0.6) is 5.75 Å². The number of nitrogens with one attached hydrogen (secondary N) is 1. The zero-order valence-electron chi connectivity index (χ0n) is 12.5. The Hall–Kier alpha value is -2.88. The molecule has 4 nitrogen and oxygen atoms in total. The predicted molar refractivity (Wildman–Crippen MR) is 88.1 cm³/mol. The van der Waals surface area contributed by atoms with Gasteiger partial charge in [-0.15, -0.1) is 0 Å². The maximum atomic E-state index is 10.7. The van der Waals surface area contributed by atoms with Crippen LogP contribution < -0.4 is 10.1 Å². The van der Waals surface area contributed by atoms with E-state index in [9.17, 15) is 4.79 Å². The van der Waals surface area contributed by atoms with Crippen molar-refractivity contribution in [2.75, 3.05) is 12.4 Å². The van der Waals surface area contributed by atoms with Gasteiger partial charge in [0.05, 0.1) is 12.6 Å². The lowest BCUT2D eigenvalue weighted by molar-refractivity contribution is 0.112. The van der Waals surface area contributed by atoms with E-state index < -0.39 is 0 Å². The number of benzene rings is 2. The number of nitrogens with zero attached hydrogens (tertiary/aromatic N) is 1. The summed E-state index contributed by atoms with van der Waals surface area (Å²) in [6.45, 7) is 1.96. The molecule has 0 saturated heterocycles. The summed E-state index contributed by atoms with van der Waals surface area (Å²) in [4.78, 5) is 15.3. The first-order valence-corrected chi connectivity index (χ1v) is 6.97. The van der Waals surface area contributed by atoms with Crippen molar-refractivity contribution in [1.82, 2.24) is 4.98 Å². The quantitative estimate of drug-likeness (QED) is 0.735. The zero-order valence-corrected chi connectivity index (χ0v) is 12.5. The molecule has 0 aliphatic rings. The number of fused-ring (bicyclic) bond motifs is 1. The first-order chi connectivity index (χ1) is 10.7. The SMILES string of the molecule is COc1ccc2nc(C)cc(Nc3ccc(C=O)cc3)c2c1. The molecule has 1 N–H and O–H groups in total. The van der Waals surface area contributed by atoms with Gasteiger partial charge in [0.1, 0.15) is 12.0 Å². The number of aryl methyl sites for hydroxylation is 1. The fraction of sp³-hybridized carbons (Fsp3) is 0.111. The minimum absolute atomic E-state index is 0.656. The molecule has 2 aromatic carbocycles. The first kappa shape index (κ1) is 14.1. The molecular formula is C18H16N2O2. The van der Waals surface area contributed by atoms with Crippen LogP contribution in [0, 0.1) is 6.92 Å². The van der Waals surface area contributed by atoms with Crippen LogP contribution in [0.15, 0.2) is 48.5 Å². The molecule has 1 heterocycles. The van der Waals surface area contributed by atoms with Gasteiger partial charge in [-0.3, -0.25) is 9.78 Å². The lowest BCUT2D eigenvalue weighted by Crippen LogP contribution is -1.95. The fourth-order valence-corrected chi connectivity index (χ4v) is 2.37. The molecular weight excluding hydrogens is 276 g/mol. The molecule has 3 rings (SSSR count). The van der Waals surface area contributed by atoms with E-state index in [2.05, 4.69) is 10.3 Å². The van der Waals surface area contributed by atoms with Crippen molar-refractivity contribution in [3.8, 4) is 5.75 Å². The van der Waals surface area contributed by atoms with Gasteiger partial charge in [0.25, 0.3) is 0 Å². The Morgan fingerprint density at radius 1 is 1.09 bits per heavy atom. The van der Waals surface area contributed by atoms with Crippen LogP contribution in [-0.4, -0.2) is 18.4 Å². The second-order valence-corrected chi connectivity index (χ2v) is 5.06. The third-order valence-electron chi connectivity index (χ3n) is 3.47. The topological polar surface area (TPSA) is 51.2 Å². The number of aldehydes is 1. The molecule has 110 valence electrons. The Morgan fingerprint density at radius 3 is 2.55 bits per heavy atom. The highest BCUT2D eigenvalue weighted by atomic mass is 16.5. The summed E-state index contributed by atoms with van der Waals surface area (Å²) in [5.41, 5.74) is 4.38. The lowest BCUT2D eigenvalue weighted by Gasteiger charge is -2.12. The van der Waals surface area contributed by atoms with Gasteiger partial charge in [-0.25, -0.2) is 0 Å². The monoisotopic (exact) mass is 292 g/mol. The van der Waals surface area contributed by atoms with Gasteiger partial charge < -0.3 is 10.1 Å². The van der Waals surface area contributed by atoms with Gasteiger partial charge in [0, 0.05) is 28.0 Å². The third kappa shape index (κ3) is 2.76. The van der Waals surface area contributed by atoms with Gasteiger partial charge >= 0.3 is 0 Å². The van der Waals surface area contributed by atoms with Crippen molar-refractivity contribution in [2.24, 2.45) is 0 Å². The molecule has 22 heavy (non-hydrogen) atoms. The number of carbonyl (C=O) groups is 1. The molecule has 0 amide bonds. The average Bonchev–Trinajstić information content (AvgIpc) is 2.55. The Balaban J connectivity index is 2.05. The molecule has 0 radical (unpaired) electrons. The van der Waals surface area contributed by atoms with Gasteiger partial charge in [0.2, 0.25) is 0 Å². The fourth-order valence-electron chi connectivity index (χ4n) is 2.37. The molecule has 0 atom stereocenters. The van der Waals surface area contributed by atoms with Crippen molar-refractivity contribution >= 4 is 28.6 Å². The molecule has 3 aromatic rings. The highest BCUT2D eigenvalue weighted by molar-refractivity contribution is 5.94. The molecule has 0 bridgehead atoms. The van der Waals surface area contributed by atoms with E-state index >= 15 is 0 Å². The third-order valence-corrected chi connectivity index (χ3v) is 3.47. The number of ether oxygens (including phenoxy) is 1. The standard InChI is InChI=1S/C18H16N2O2/c1-12-9-18(20-14-5-3-13(11-21)4-6-14)16-10-15(22-2)7-8-17(16)19-12/h3-11H,1-2H3,(H,19,20). The lowest BCUT2D eigenvalue weighted by atomic mass is 10.1. The minimum Gasteiger partial charge on any atom is -0.497 e. The largest absolute Gasteiger partial charge is 0.497 e. The summed E-state index contributed by atoms with van der Waals surface area (Å²) >= 11 is 0. The maximum Gasteiger partial charge on any atom is 0.150 e. The Kier molecular flexibility index (Phi) is 3.74. The Bertz CT molecular complexity index is 826. The van der Waals surface area contributed by atoms with Gasteiger partial charge in [-0.05, 0) is 55.5 Å². The van der Waals surface area contributed by atoms with Crippen LogP contribution >= 0.6 is 0 Å². The summed E-state index contributed by atoms with van der Waals surface area (Å²) < 4.78 is 5.29. The smallest absolute Gasteiger partial charge is 0.150 e. The van der Waals surface area contributed by atoms with Crippen molar-refractivity contribution in [2.45, 2.75) is 6.92 Å². The van der Waals surface area contributed by atoms with Crippen LogP contribution in [0.4, 0.5) is 11.4 Å². The second kappa shape index (κ2) is 5.85. The molecule has 0 aliphatic carbocycles. The predicted octanol–water partition coefficient (Wildman–Crippen LogP) is 4.11. The van der Waals surface area contributed by atoms with Gasteiger partial charge in [-0.1, -0.05) is 0 Å². The average molecular weight is 292 g/mol. The first-order valence-electron chi connectivity index (χ1n) is 6.97. The number of anilines is 2. The molecule has 0 fully saturated rings. The van der Waals surface area contributed by atoms with Crippen LogP contribution in [0.25, 0.3) is 10.9 Å². The molecule has 0 unspecified atom stereocenters. The summed E-state index contributed by atoms with van der Waals surface area (Å²) in [6.07, 6.45) is 0.834. The Labute approximate surface area is 128 Å². The highest BCUT2D eigenvalue weighted by Gasteiger charge is 2.06. The molecule has 0 aliphatic heterocycles. The summed E-state index contributed by atoms with van der Waals surface area (Å²) in [6, 6.07) is 15.1.